The van der Waals surface area contributed by atoms with E-state index in [1.54, 1.807) is 6.07 Å². The van der Waals surface area contributed by atoms with E-state index in [4.69, 9.17) is 4.74 Å². The van der Waals surface area contributed by atoms with Gasteiger partial charge in [-0.05, 0) is 43.0 Å². The molecule has 0 bridgehead atoms. The third-order valence-electron chi connectivity index (χ3n) is 3.48. The summed E-state index contributed by atoms with van der Waals surface area (Å²) >= 11 is 1.49. The molecule has 2 rings (SSSR count). The summed E-state index contributed by atoms with van der Waals surface area (Å²) < 4.78 is 5.28. The van der Waals surface area contributed by atoms with Gasteiger partial charge in [0.2, 0.25) is 0 Å². The first kappa shape index (κ1) is 15.8. The molecule has 1 aromatic heterocycles. The van der Waals surface area contributed by atoms with Crippen molar-refractivity contribution in [1.82, 2.24) is 5.32 Å². The molecular formula is C16H21NO3S. The predicted octanol–water partition coefficient (Wildman–Crippen LogP) is 3.16. The van der Waals surface area contributed by atoms with E-state index in [-0.39, 0.29) is 11.9 Å². The summed E-state index contributed by atoms with van der Waals surface area (Å²) in [5.41, 5.74) is 0.674. The molecule has 0 aromatic carbocycles. The van der Waals surface area contributed by atoms with Crippen molar-refractivity contribution in [3.05, 3.63) is 34.5 Å². The summed E-state index contributed by atoms with van der Waals surface area (Å²) in [5, 5.41) is 6.47. The average molecular weight is 307 g/mol. The van der Waals surface area contributed by atoms with Crippen molar-refractivity contribution in [2.45, 2.75) is 32.1 Å². The smallest absolute Gasteiger partial charge is 0.305 e. The second-order valence-corrected chi connectivity index (χ2v) is 5.99. The number of amides is 1. The van der Waals surface area contributed by atoms with Gasteiger partial charge in [0.05, 0.1) is 6.61 Å². The molecule has 4 nitrogen and oxygen atoms in total. The third-order valence-corrected chi connectivity index (χ3v) is 4.17. The lowest BCUT2D eigenvalue weighted by Gasteiger charge is -2.17. The number of esters is 1. The Balaban J connectivity index is 1.53. The lowest BCUT2D eigenvalue weighted by molar-refractivity contribution is -0.145. The maximum absolute atomic E-state index is 11.7. The maximum Gasteiger partial charge on any atom is 0.305 e. The first-order valence-corrected chi connectivity index (χ1v) is 8.31. The van der Waals surface area contributed by atoms with Crippen LogP contribution in [-0.4, -0.2) is 25.0 Å². The quantitative estimate of drug-likeness (QED) is 0.478. The second kappa shape index (κ2) is 8.62. The zero-order valence-corrected chi connectivity index (χ0v) is 12.9. The van der Waals surface area contributed by atoms with Crippen molar-refractivity contribution in [3.8, 4) is 0 Å². The van der Waals surface area contributed by atoms with Crippen molar-refractivity contribution < 1.29 is 14.3 Å². The first-order valence-electron chi connectivity index (χ1n) is 7.36. The number of carbonyl (C=O) groups excluding carboxylic acids is 2. The van der Waals surface area contributed by atoms with E-state index in [1.807, 2.05) is 10.8 Å². The number of ether oxygens (including phenoxy) is 1. The van der Waals surface area contributed by atoms with Crippen LogP contribution in [0.25, 0.3) is 0 Å². The highest BCUT2D eigenvalue weighted by atomic mass is 32.1. The minimum atomic E-state index is -0.172. The Bertz CT molecular complexity index is 482. The molecule has 0 spiro atoms. The molecular weight excluding hydrogens is 286 g/mol. The van der Waals surface area contributed by atoms with Gasteiger partial charge in [-0.1, -0.05) is 12.2 Å². The Kier molecular flexibility index (Phi) is 6.47. The largest absolute Gasteiger partial charge is 0.465 e. The highest BCUT2D eigenvalue weighted by Gasteiger charge is 2.12. The monoisotopic (exact) mass is 307 g/mol. The van der Waals surface area contributed by atoms with Crippen molar-refractivity contribution in [2.75, 3.05) is 13.2 Å². The Morgan fingerprint density at radius 3 is 3.00 bits per heavy atom. The Morgan fingerprint density at radius 1 is 1.38 bits per heavy atom. The number of hydrogen-bond acceptors (Lipinski definition) is 4. The van der Waals surface area contributed by atoms with E-state index >= 15 is 0 Å². The average Bonchev–Trinajstić information content (AvgIpc) is 3.05. The van der Waals surface area contributed by atoms with Crippen LogP contribution in [-0.2, 0) is 9.53 Å². The lowest BCUT2D eigenvalue weighted by atomic mass is 9.95. The van der Waals surface area contributed by atoms with Crippen LogP contribution < -0.4 is 5.32 Å². The fourth-order valence-corrected chi connectivity index (χ4v) is 2.86. The van der Waals surface area contributed by atoms with Crippen molar-refractivity contribution >= 4 is 23.2 Å². The first-order chi connectivity index (χ1) is 10.3. The number of thiophene rings is 1. The number of nitrogens with one attached hydrogen (secondary N) is 1. The van der Waals surface area contributed by atoms with Crippen LogP contribution >= 0.6 is 11.3 Å². The summed E-state index contributed by atoms with van der Waals surface area (Å²) in [6.07, 6.45) is 8.48. The number of carbonyl (C=O) groups is 2. The van der Waals surface area contributed by atoms with Crippen LogP contribution in [0, 0.1) is 5.92 Å². The van der Waals surface area contributed by atoms with Crippen LogP contribution in [0.5, 0.6) is 0 Å². The molecule has 1 aromatic rings. The van der Waals surface area contributed by atoms with Gasteiger partial charge in [-0.15, -0.1) is 0 Å². The Labute approximate surface area is 129 Å². The van der Waals surface area contributed by atoms with Crippen molar-refractivity contribution in [1.29, 1.82) is 0 Å². The molecule has 1 atom stereocenters. The number of hydrogen-bond donors (Lipinski definition) is 1. The molecule has 5 heteroatoms. The fourth-order valence-electron chi connectivity index (χ4n) is 2.22. The molecule has 0 fully saturated rings. The Hall–Kier alpha value is -1.62. The highest BCUT2D eigenvalue weighted by molar-refractivity contribution is 7.08. The highest BCUT2D eigenvalue weighted by Crippen LogP contribution is 2.18. The zero-order valence-electron chi connectivity index (χ0n) is 12.0. The van der Waals surface area contributed by atoms with Gasteiger partial charge < -0.3 is 10.1 Å². The van der Waals surface area contributed by atoms with Gasteiger partial charge in [0.25, 0.3) is 5.91 Å². The van der Waals surface area contributed by atoms with Crippen LogP contribution in [0.4, 0.5) is 0 Å². The summed E-state index contributed by atoms with van der Waals surface area (Å²) in [6, 6.07) is 1.78. The summed E-state index contributed by atoms with van der Waals surface area (Å²) in [5.74, 6) is 0.213. The van der Waals surface area contributed by atoms with Crippen LogP contribution in [0.1, 0.15) is 42.5 Å². The molecule has 1 unspecified atom stereocenters. The summed E-state index contributed by atoms with van der Waals surface area (Å²) in [7, 11) is 0. The topological polar surface area (TPSA) is 55.4 Å². The molecule has 1 aliphatic carbocycles. The fraction of sp³-hybridized carbons (Fsp3) is 0.500. The normalized spacial score (nSPS) is 17.4. The van der Waals surface area contributed by atoms with Crippen LogP contribution in [0.15, 0.2) is 29.0 Å². The molecule has 114 valence electrons. The standard InChI is InChI=1S/C16H21NO3S/c18-15(20-11-13-5-2-1-3-6-13)7-4-9-17-16(19)14-8-10-21-12-14/h1-2,8,10,12-13H,3-7,9,11H2,(H,17,19). The second-order valence-electron chi connectivity index (χ2n) is 5.20. The van der Waals surface area contributed by atoms with Crippen LogP contribution in [0.3, 0.4) is 0 Å². The molecule has 0 saturated carbocycles. The number of rotatable bonds is 7. The van der Waals surface area contributed by atoms with E-state index in [0.717, 1.165) is 19.3 Å². The molecule has 0 radical (unpaired) electrons. The van der Waals surface area contributed by atoms with Gasteiger partial charge in [-0.3, -0.25) is 9.59 Å². The molecule has 1 aliphatic rings. The molecule has 1 N–H and O–H groups in total. The van der Waals surface area contributed by atoms with Gasteiger partial charge in [0.1, 0.15) is 0 Å². The third kappa shape index (κ3) is 5.71. The maximum atomic E-state index is 11.7. The predicted molar refractivity (Wildman–Crippen MR) is 83.3 cm³/mol. The SMILES string of the molecule is O=C(CCCNC(=O)c1ccsc1)OCC1CC=CCC1. The van der Waals surface area contributed by atoms with Gasteiger partial charge in [0, 0.05) is 23.9 Å². The van der Waals surface area contributed by atoms with Gasteiger partial charge in [0.15, 0.2) is 0 Å². The summed E-state index contributed by atoms with van der Waals surface area (Å²) in [4.78, 5) is 23.3. The molecule has 0 aliphatic heterocycles. The van der Waals surface area contributed by atoms with E-state index in [1.165, 1.54) is 11.3 Å². The van der Waals surface area contributed by atoms with Crippen LogP contribution in [0.2, 0.25) is 0 Å². The minimum Gasteiger partial charge on any atom is -0.465 e. The Morgan fingerprint density at radius 2 is 2.29 bits per heavy atom. The van der Waals surface area contributed by atoms with Gasteiger partial charge >= 0.3 is 5.97 Å². The zero-order chi connectivity index (χ0) is 14.9. The van der Waals surface area contributed by atoms with Crippen molar-refractivity contribution in [3.63, 3.8) is 0 Å². The van der Waals surface area contributed by atoms with E-state index in [9.17, 15) is 9.59 Å². The van der Waals surface area contributed by atoms with E-state index in [0.29, 0.717) is 37.5 Å². The molecule has 1 heterocycles. The minimum absolute atomic E-state index is 0.0846. The molecule has 0 saturated heterocycles. The molecule has 21 heavy (non-hydrogen) atoms. The summed E-state index contributed by atoms with van der Waals surface area (Å²) in [6.45, 7) is 1.01. The van der Waals surface area contributed by atoms with E-state index in [2.05, 4.69) is 17.5 Å². The van der Waals surface area contributed by atoms with Gasteiger partial charge in [-0.2, -0.15) is 11.3 Å². The van der Waals surface area contributed by atoms with Crippen molar-refractivity contribution in [2.24, 2.45) is 5.92 Å². The van der Waals surface area contributed by atoms with E-state index < -0.39 is 0 Å². The van der Waals surface area contributed by atoms with Gasteiger partial charge in [-0.25, -0.2) is 0 Å². The lowest BCUT2D eigenvalue weighted by Crippen LogP contribution is -2.24. The molecule has 1 amide bonds. The number of allylic oxidation sites excluding steroid dienone is 2.